The predicted octanol–water partition coefficient (Wildman–Crippen LogP) is 0.893. The van der Waals surface area contributed by atoms with Crippen molar-refractivity contribution in [2.75, 3.05) is 27.9 Å². The molecule has 106 valence electrons. The van der Waals surface area contributed by atoms with Gasteiger partial charge in [0.1, 0.15) is 6.04 Å². The van der Waals surface area contributed by atoms with Gasteiger partial charge < -0.3 is 19.3 Å². The van der Waals surface area contributed by atoms with E-state index in [0.29, 0.717) is 18.0 Å². The summed E-state index contributed by atoms with van der Waals surface area (Å²) in [6.45, 7) is 0.517. The summed E-state index contributed by atoms with van der Waals surface area (Å²) in [5, 5.41) is 11.9. The van der Waals surface area contributed by atoms with E-state index in [4.69, 9.17) is 19.3 Å². The monoisotopic (exact) mass is 269 g/mol. The maximum Gasteiger partial charge on any atom is 0.323 e. The van der Waals surface area contributed by atoms with Crippen molar-refractivity contribution in [1.29, 1.82) is 0 Å². The molecule has 0 spiro atoms. The van der Waals surface area contributed by atoms with E-state index < -0.39 is 12.0 Å². The second-order valence-corrected chi connectivity index (χ2v) is 3.92. The molecule has 0 heterocycles. The van der Waals surface area contributed by atoms with Crippen LogP contribution in [-0.2, 0) is 16.1 Å². The number of benzene rings is 1. The summed E-state index contributed by atoms with van der Waals surface area (Å²) < 4.78 is 15.2. The van der Waals surface area contributed by atoms with Gasteiger partial charge in [-0.05, 0) is 17.7 Å². The third-order valence-corrected chi connectivity index (χ3v) is 2.63. The van der Waals surface area contributed by atoms with Gasteiger partial charge in [0.05, 0.1) is 20.8 Å². The fourth-order valence-corrected chi connectivity index (χ4v) is 1.62. The Kier molecular flexibility index (Phi) is 6.11. The molecule has 0 saturated heterocycles. The van der Waals surface area contributed by atoms with Gasteiger partial charge in [-0.1, -0.05) is 6.07 Å². The molecule has 0 aliphatic carbocycles. The molecule has 2 N–H and O–H groups in total. The Morgan fingerprint density at radius 1 is 1.26 bits per heavy atom. The van der Waals surface area contributed by atoms with Crippen molar-refractivity contribution < 1.29 is 24.1 Å². The molecular formula is C13H19NO5. The highest BCUT2D eigenvalue weighted by Crippen LogP contribution is 2.27. The predicted molar refractivity (Wildman–Crippen MR) is 69.7 cm³/mol. The Hall–Kier alpha value is -1.79. The minimum absolute atomic E-state index is 0.114. The first-order valence-electron chi connectivity index (χ1n) is 5.78. The van der Waals surface area contributed by atoms with Gasteiger partial charge in [-0.3, -0.25) is 10.1 Å². The lowest BCUT2D eigenvalue weighted by Gasteiger charge is -2.14. The van der Waals surface area contributed by atoms with E-state index >= 15 is 0 Å². The largest absolute Gasteiger partial charge is 0.493 e. The van der Waals surface area contributed by atoms with Crippen molar-refractivity contribution in [2.45, 2.75) is 12.6 Å². The molecular weight excluding hydrogens is 250 g/mol. The first-order chi connectivity index (χ1) is 9.12. The number of ether oxygens (including phenoxy) is 3. The van der Waals surface area contributed by atoms with Gasteiger partial charge in [-0.15, -0.1) is 0 Å². The molecule has 0 aliphatic heterocycles. The van der Waals surface area contributed by atoms with Crippen LogP contribution in [0, 0.1) is 0 Å². The van der Waals surface area contributed by atoms with Gasteiger partial charge in [-0.2, -0.15) is 0 Å². The van der Waals surface area contributed by atoms with Crippen molar-refractivity contribution in [1.82, 2.24) is 5.32 Å². The number of nitrogens with one attached hydrogen (secondary N) is 1. The first kappa shape index (κ1) is 15.3. The van der Waals surface area contributed by atoms with Crippen molar-refractivity contribution in [2.24, 2.45) is 0 Å². The maximum absolute atomic E-state index is 10.9. The van der Waals surface area contributed by atoms with Crippen LogP contribution in [0.1, 0.15) is 5.56 Å². The average Bonchev–Trinajstić information content (AvgIpc) is 2.42. The van der Waals surface area contributed by atoms with E-state index in [1.54, 1.807) is 26.4 Å². The zero-order valence-corrected chi connectivity index (χ0v) is 11.3. The second-order valence-electron chi connectivity index (χ2n) is 3.92. The normalized spacial score (nSPS) is 11.9. The van der Waals surface area contributed by atoms with Gasteiger partial charge >= 0.3 is 5.97 Å². The van der Waals surface area contributed by atoms with Crippen LogP contribution in [0.5, 0.6) is 11.5 Å². The number of hydrogen-bond acceptors (Lipinski definition) is 5. The van der Waals surface area contributed by atoms with E-state index in [1.807, 2.05) is 6.07 Å². The lowest BCUT2D eigenvalue weighted by Crippen LogP contribution is -2.39. The number of carboxylic acid groups (broad SMARTS) is 1. The fraction of sp³-hybridized carbons (Fsp3) is 0.462. The van der Waals surface area contributed by atoms with Crippen LogP contribution < -0.4 is 14.8 Å². The summed E-state index contributed by atoms with van der Waals surface area (Å²) in [7, 11) is 4.59. The highest BCUT2D eigenvalue weighted by Gasteiger charge is 2.16. The van der Waals surface area contributed by atoms with E-state index in [2.05, 4.69) is 5.32 Å². The molecule has 1 unspecified atom stereocenters. The van der Waals surface area contributed by atoms with E-state index in [9.17, 15) is 4.79 Å². The summed E-state index contributed by atoms with van der Waals surface area (Å²) in [6, 6.07) is 4.69. The quantitative estimate of drug-likeness (QED) is 0.730. The molecule has 1 aromatic carbocycles. The van der Waals surface area contributed by atoms with Crippen LogP contribution >= 0.6 is 0 Å². The van der Waals surface area contributed by atoms with Crippen molar-refractivity contribution in [3.05, 3.63) is 23.8 Å². The Morgan fingerprint density at radius 2 is 1.95 bits per heavy atom. The van der Waals surface area contributed by atoms with E-state index in [-0.39, 0.29) is 6.61 Å². The third-order valence-electron chi connectivity index (χ3n) is 2.63. The minimum atomic E-state index is -0.942. The topological polar surface area (TPSA) is 77.0 Å². The summed E-state index contributed by atoms with van der Waals surface area (Å²) in [5.74, 6) is 0.306. The SMILES string of the molecule is COCC(NCc1ccc(OC)c(OC)c1)C(=O)O. The lowest BCUT2D eigenvalue weighted by atomic mass is 10.2. The Labute approximate surface area is 112 Å². The zero-order chi connectivity index (χ0) is 14.3. The maximum atomic E-state index is 10.9. The van der Waals surface area contributed by atoms with Gasteiger partial charge in [0.2, 0.25) is 0 Å². The highest BCUT2D eigenvalue weighted by atomic mass is 16.5. The molecule has 0 bridgehead atoms. The lowest BCUT2D eigenvalue weighted by molar-refractivity contribution is -0.140. The molecule has 0 aromatic heterocycles. The van der Waals surface area contributed by atoms with Crippen LogP contribution in [0.2, 0.25) is 0 Å². The Bertz CT molecular complexity index is 421. The zero-order valence-electron chi connectivity index (χ0n) is 11.3. The number of carbonyl (C=O) groups is 1. The van der Waals surface area contributed by atoms with Gasteiger partial charge in [0, 0.05) is 13.7 Å². The summed E-state index contributed by atoms with van der Waals surface area (Å²) in [4.78, 5) is 10.9. The highest BCUT2D eigenvalue weighted by molar-refractivity contribution is 5.73. The molecule has 1 atom stereocenters. The van der Waals surface area contributed by atoms with Gasteiger partial charge in [0.25, 0.3) is 0 Å². The summed E-state index contributed by atoms with van der Waals surface area (Å²) >= 11 is 0. The molecule has 0 fully saturated rings. The molecule has 19 heavy (non-hydrogen) atoms. The van der Waals surface area contributed by atoms with Crippen LogP contribution in [-0.4, -0.2) is 45.1 Å². The minimum Gasteiger partial charge on any atom is -0.493 e. The molecule has 0 saturated carbocycles. The number of methoxy groups -OCH3 is 3. The molecule has 0 amide bonds. The standard InChI is InChI=1S/C13H19NO5/c1-17-8-10(13(15)16)14-7-9-4-5-11(18-2)12(6-9)19-3/h4-6,10,14H,7-8H2,1-3H3,(H,15,16). The number of hydrogen-bond donors (Lipinski definition) is 2. The van der Waals surface area contributed by atoms with Crippen LogP contribution in [0.25, 0.3) is 0 Å². The molecule has 6 heteroatoms. The Morgan fingerprint density at radius 3 is 2.47 bits per heavy atom. The number of carboxylic acids is 1. The number of aliphatic carboxylic acids is 1. The molecule has 0 radical (unpaired) electrons. The summed E-state index contributed by atoms with van der Waals surface area (Å²) in [6.07, 6.45) is 0. The third kappa shape index (κ3) is 4.42. The van der Waals surface area contributed by atoms with Gasteiger partial charge in [-0.25, -0.2) is 0 Å². The van der Waals surface area contributed by atoms with E-state index in [1.165, 1.54) is 7.11 Å². The van der Waals surface area contributed by atoms with Crippen LogP contribution in [0.3, 0.4) is 0 Å². The van der Waals surface area contributed by atoms with Crippen LogP contribution in [0.4, 0.5) is 0 Å². The molecule has 6 nitrogen and oxygen atoms in total. The first-order valence-corrected chi connectivity index (χ1v) is 5.78. The second kappa shape index (κ2) is 7.60. The van der Waals surface area contributed by atoms with Crippen molar-refractivity contribution in [3.8, 4) is 11.5 Å². The summed E-state index contributed by atoms with van der Waals surface area (Å²) in [5.41, 5.74) is 0.903. The molecule has 1 rings (SSSR count). The number of rotatable bonds is 8. The molecule has 0 aliphatic rings. The van der Waals surface area contributed by atoms with E-state index in [0.717, 1.165) is 5.56 Å². The Balaban J connectivity index is 2.69. The average molecular weight is 269 g/mol. The van der Waals surface area contributed by atoms with Crippen LogP contribution in [0.15, 0.2) is 18.2 Å². The molecule has 1 aromatic rings. The van der Waals surface area contributed by atoms with Gasteiger partial charge in [0.15, 0.2) is 11.5 Å². The smallest absolute Gasteiger partial charge is 0.323 e. The van der Waals surface area contributed by atoms with Crippen molar-refractivity contribution >= 4 is 5.97 Å². The van der Waals surface area contributed by atoms with Crippen molar-refractivity contribution in [3.63, 3.8) is 0 Å². The fourth-order valence-electron chi connectivity index (χ4n) is 1.62.